The molecule has 0 unspecified atom stereocenters. The Balaban J connectivity index is 1.01. The summed E-state index contributed by atoms with van der Waals surface area (Å²) in [6.45, 7) is 9.65. The number of benzene rings is 8. The van der Waals surface area contributed by atoms with Crippen molar-refractivity contribution in [2.75, 3.05) is 0 Å². The monoisotopic (exact) mass is 799 g/mol. The first-order chi connectivity index (χ1) is 30.2. The molecule has 3 heterocycles. The number of rotatable bonds is 5. The molecule has 0 aliphatic heterocycles. The number of fused-ring (bicyclic) bond motifs is 8. The Morgan fingerprint density at radius 3 is 1.48 bits per heavy atom. The largest absolute Gasteiger partial charge is 0.309 e. The van der Waals surface area contributed by atoms with Crippen molar-refractivity contribution >= 4 is 54.4 Å². The molecule has 0 N–H and O–H groups in total. The minimum atomic E-state index is 0.104. The van der Waals surface area contributed by atoms with Crippen LogP contribution in [0, 0.1) is 0 Å². The van der Waals surface area contributed by atoms with Gasteiger partial charge in [0.15, 0.2) is 17.5 Å². The lowest BCUT2D eigenvalue weighted by molar-refractivity contribution is 0.332. The third kappa shape index (κ3) is 5.72. The predicted octanol–water partition coefficient (Wildman–Crippen LogP) is 14.6. The summed E-state index contributed by atoms with van der Waals surface area (Å²) in [4.78, 5) is 15.5. The van der Waals surface area contributed by atoms with Crippen LogP contribution in [0.1, 0.15) is 51.7 Å². The van der Waals surface area contributed by atoms with Gasteiger partial charge in [0.1, 0.15) is 0 Å². The summed E-state index contributed by atoms with van der Waals surface area (Å²) in [7, 11) is 0. The molecule has 0 amide bonds. The van der Waals surface area contributed by atoms with E-state index in [1.54, 1.807) is 0 Å². The fourth-order valence-electron chi connectivity index (χ4n) is 10.2. The van der Waals surface area contributed by atoms with Gasteiger partial charge in [-0.1, -0.05) is 143 Å². The lowest BCUT2D eigenvalue weighted by atomic mass is 9.63. The van der Waals surface area contributed by atoms with Gasteiger partial charge in [-0.25, -0.2) is 15.0 Å². The van der Waals surface area contributed by atoms with Crippen LogP contribution < -0.4 is 0 Å². The van der Waals surface area contributed by atoms with Gasteiger partial charge in [-0.3, -0.25) is 0 Å². The van der Waals surface area contributed by atoms with E-state index < -0.39 is 0 Å². The van der Waals surface area contributed by atoms with Crippen LogP contribution >= 0.6 is 0 Å². The maximum Gasteiger partial charge on any atom is 0.164 e. The fourth-order valence-corrected chi connectivity index (χ4v) is 10.2. The highest BCUT2D eigenvalue weighted by molar-refractivity contribution is 6.11. The van der Waals surface area contributed by atoms with Crippen molar-refractivity contribution in [3.8, 4) is 45.5 Å². The van der Waals surface area contributed by atoms with Crippen LogP contribution in [0.2, 0.25) is 0 Å². The lowest BCUT2D eigenvalue weighted by Gasteiger charge is -2.42. The lowest BCUT2D eigenvalue weighted by Crippen LogP contribution is -2.33. The molecule has 0 atom stereocenters. The van der Waals surface area contributed by atoms with Crippen molar-refractivity contribution in [1.82, 2.24) is 24.1 Å². The van der Waals surface area contributed by atoms with Gasteiger partial charge in [-0.2, -0.15) is 0 Å². The maximum absolute atomic E-state index is 5.24. The first-order valence-electron chi connectivity index (χ1n) is 21.7. The highest BCUT2D eigenvalue weighted by atomic mass is 15.0. The van der Waals surface area contributed by atoms with Gasteiger partial charge in [0.05, 0.1) is 22.1 Å². The number of para-hydroxylation sites is 3. The van der Waals surface area contributed by atoms with Crippen LogP contribution in [0.5, 0.6) is 0 Å². The van der Waals surface area contributed by atoms with Gasteiger partial charge in [-0.05, 0) is 106 Å². The molecule has 0 saturated carbocycles. The molecule has 0 bridgehead atoms. The average Bonchev–Trinajstić information content (AvgIpc) is 3.83. The molecule has 0 radical (unpaired) electrons. The van der Waals surface area contributed by atoms with E-state index in [-0.39, 0.29) is 10.8 Å². The zero-order valence-corrected chi connectivity index (χ0v) is 35.4. The van der Waals surface area contributed by atoms with Gasteiger partial charge in [0.2, 0.25) is 0 Å². The van der Waals surface area contributed by atoms with Crippen LogP contribution in [0.25, 0.3) is 99.9 Å². The van der Waals surface area contributed by atoms with E-state index in [1.165, 1.54) is 56.5 Å². The van der Waals surface area contributed by atoms with Crippen molar-refractivity contribution in [1.29, 1.82) is 0 Å². The smallest absolute Gasteiger partial charge is 0.164 e. The Hall–Kier alpha value is -7.37. The molecule has 62 heavy (non-hydrogen) atoms. The summed E-state index contributed by atoms with van der Waals surface area (Å²) in [5.74, 6) is 1.91. The standard InChI is InChI=1S/C57H45N5/c1-56(2)29-30-57(3,4)48-35-52-46(34-47(48)56)45-21-10-13-24-51(45)62(52)42-28-27-36-25-26-39(31-40(36)33-42)55-59-53(37-15-6-5-7-16-37)58-54(60-55)38-17-14-18-41(32-38)61-49-22-11-8-19-43(49)44-20-9-12-23-50(44)61/h5-28,31-35H,29-30H2,1-4H3. The minimum absolute atomic E-state index is 0.104. The van der Waals surface area contributed by atoms with Crippen LogP contribution in [0.3, 0.4) is 0 Å². The van der Waals surface area contributed by atoms with E-state index in [0.29, 0.717) is 17.5 Å². The Kier molecular flexibility index (Phi) is 7.98. The number of aromatic nitrogens is 5. The van der Waals surface area contributed by atoms with E-state index in [9.17, 15) is 0 Å². The molecule has 11 aromatic rings. The molecule has 3 aromatic heterocycles. The van der Waals surface area contributed by atoms with Crippen LogP contribution in [-0.4, -0.2) is 24.1 Å². The summed E-state index contributed by atoms with van der Waals surface area (Å²) < 4.78 is 4.80. The van der Waals surface area contributed by atoms with Gasteiger partial charge < -0.3 is 9.13 Å². The summed E-state index contributed by atoms with van der Waals surface area (Å²) in [5.41, 5.74) is 13.0. The zero-order valence-electron chi connectivity index (χ0n) is 35.4. The van der Waals surface area contributed by atoms with Crippen molar-refractivity contribution in [2.24, 2.45) is 0 Å². The van der Waals surface area contributed by atoms with Crippen LogP contribution in [0.4, 0.5) is 0 Å². The van der Waals surface area contributed by atoms with Crippen molar-refractivity contribution < 1.29 is 0 Å². The van der Waals surface area contributed by atoms with Gasteiger partial charge >= 0.3 is 0 Å². The molecular formula is C57H45N5. The van der Waals surface area contributed by atoms with Crippen LogP contribution in [0.15, 0.2) is 176 Å². The Morgan fingerprint density at radius 2 is 0.839 bits per heavy atom. The van der Waals surface area contributed by atoms with Crippen molar-refractivity contribution in [3.05, 3.63) is 187 Å². The normalized spacial score (nSPS) is 14.6. The maximum atomic E-state index is 5.24. The Morgan fingerprint density at radius 1 is 0.355 bits per heavy atom. The van der Waals surface area contributed by atoms with E-state index in [4.69, 9.17) is 15.0 Å². The fraction of sp³-hybridized carbons (Fsp3) is 0.140. The predicted molar refractivity (Wildman–Crippen MR) is 258 cm³/mol. The second-order valence-corrected chi connectivity index (χ2v) is 18.4. The molecule has 5 nitrogen and oxygen atoms in total. The summed E-state index contributed by atoms with van der Waals surface area (Å²) >= 11 is 0. The average molecular weight is 800 g/mol. The summed E-state index contributed by atoms with van der Waals surface area (Å²) in [6, 6.07) is 63.3. The zero-order chi connectivity index (χ0) is 41.7. The summed E-state index contributed by atoms with van der Waals surface area (Å²) in [6.07, 6.45) is 2.36. The van der Waals surface area contributed by atoms with Crippen molar-refractivity contribution in [2.45, 2.75) is 51.4 Å². The van der Waals surface area contributed by atoms with Gasteiger partial charge in [0.25, 0.3) is 0 Å². The molecule has 0 fully saturated rings. The first kappa shape index (κ1) is 36.5. The SMILES string of the molecule is CC1(C)CCC(C)(C)c2cc3c(cc21)c1ccccc1n3-c1ccc2ccc(-c3nc(-c4ccccc4)nc(-c4cccc(-n5c6ccccc6c6ccccc65)c4)n3)cc2c1. The van der Waals surface area contributed by atoms with E-state index in [1.807, 2.05) is 18.2 Å². The van der Waals surface area contributed by atoms with Crippen molar-refractivity contribution in [3.63, 3.8) is 0 Å². The molecule has 1 aliphatic carbocycles. The van der Waals surface area contributed by atoms with Crippen LogP contribution in [-0.2, 0) is 10.8 Å². The molecule has 1 aliphatic rings. The summed E-state index contributed by atoms with van der Waals surface area (Å²) in [5, 5.41) is 7.34. The molecule has 0 spiro atoms. The number of hydrogen-bond donors (Lipinski definition) is 0. The molecule has 0 saturated heterocycles. The molecule has 5 heteroatoms. The highest BCUT2D eigenvalue weighted by Crippen LogP contribution is 2.48. The van der Waals surface area contributed by atoms with E-state index in [2.05, 4.69) is 195 Å². The number of nitrogens with zero attached hydrogens (tertiary/aromatic N) is 5. The molecule has 298 valence electrons. The van der Waals surface area contributed by atoms with E-state index in [0.717, 1.165) is 49.9 Å². The second-order valence-electron chi connectivity index (χ2n) is 18.4. The molecular weight excluding hydrogens is 755 g/mol. The Labute approximate surface area is 361 Å². The third-order valence-electron chi connectivity index (χ3n) is 13.6. The second kappa shape index (κ2) is 13.6. The van der Waals surface area contributed by atoms with Gasteiger partial charge in [-0.15, -0.1) is 0 Å². The first-order valence-corrected chi connectivity index (χ1v) is 21.7. The van der Waals surface area contributed by atoms with E-state index >= 15 is 0 Å². The van der Waals surface area contributed by atoms with Gasteiger partial charge in [0, 0.05) is 49.6 Å². The topological polar surface area (TPSA) is 48.5 Å². The third-order valence-corrected chi connectivity index (χ3v) is 13.6. The quantitative estimate of drug-likeness (QED) is 0.174. The minimum Gasteiger partial charge on any atom is -0.309 e. The Bertz CT molecular complexity index is 3530. The number of hydrogen-bond acceptors (Lipinski definition) is 3. The molecule has 8 aromatic carbocycles. The highest BCUT2D eigenvalue weighted by Gasteiger charge is 2.38. The molecule has 12 rings (SSSR count).